The second-order valence-corrected chi connectivity index (χ2v) is 2.37. The van der Waals surface area contributed by atoms with E-state index in [1.165, 1.54) is 5.70 Å². The molecule has 0 N–H and O–H groups in total. The molecule has 2 aliphatic heterocycles. The fourth-order valence-corrected chi connectivity index (χ4v) is 1.15. The van der Waals surface area contributed by atoms with E-state index in [9.17, 15) is 0 Å². The van der Waals surface area contributed by atoms with Gasteiger partial charge in [-0.15, -0.1) is 0 Å². The van der Waals surface area contributed by atoms with Crippen LogP contribution in [0.25, 0.3) is 0 Å². The summed E-state index contributed by atoms with van der Waals surface area (Å²) in [6, 6.07) is 0. The van der Waals surface area contributed by atoms with Crippen molar-refractivity contribution in [1.82, 2.24) is 4.90 Å². The van der Waals surface area contributed by atoms with Crippen molar-refractivity contribution in [2.75, 3.05) is 6.54 Å². The zero-order chi connectivity index (χ0) is 6.81. The van der Waals surface area contributed by atoms with E-state index in [2.05, 4.69) is 47.6 Å². The van der Waals surface area contributed by atoms with Crippen molar-refractivity contribution < 1.29 is 0 Å². The number of hydrogen-bond acceptors (Lipinski definition) is 1. The van der Waals surface area contributed by atoms with Crippen molar-refractivity contribution >= 4 is 0 Å². The van der Waals surface area contributed by atoms with Gasteiger partial charge >= 0.3 is 0 Å². The van der Waals surface area contributed by atoms with Gasteiger partial charge in [-0.1, -0.05) is 17.1 Å². The van der Waals surface area contributed by atoms with Crippen LogP contribution in [0.15, 0.2) is 48.4 Å². The molecule has 0 aromatic heterocycles. The Hall–Kier alpha value is -1.08. The second kappa shape index (κ2) is 2.27. The minimum Gasteiger partial charge on any atom is -0.0999 e. The van der Waals surface area contributed by atoms with E-state index in [-0.39, 0.29) is 0 Å². The predicted octanol–water partition coefficient (Wildman–Crippen LogP) is 1.66. The summed E-state index contributed by atoms with van der Waals surface area (Å²) >= 11 is 0. The standard InChI is InChI=1S/C9H9N/c1-3-7-10-8-4-2-6-9(10)5-1/h1-7H,8H2/q+1. The molecule has 0 saturated heterocycles. The molecule has 2 aliphatic rings. The highest BCUT2D eigenvalue weighted by Crippen LogP contribution is 2.11. The summed E-state index contributed by atoms with van der Waals surface area (Å²) in [5.41, 5.74) is 1.28. The molecule has 0 aliphatic carbocycles. The molecule has 0 aromatic carbocycles. The van der Waals surface area contributed by atoms with Crippen LogP contribution in [0.5, 0.6) is 0 Å². The van der Waals surface area contributed by atoms with Crippen molar-refractivity contribution in [3.63, 3.8) is 0 Å². The van der Waals surface area contributed by atoms with Gasteiger partial charge in [0.1, 0.15) is 0 Å². The predicted molar refractivity (Wildman–Crippen MR) is 42.5 cm³/mol. The number of nitrogens with zero attached hydrogens (tertiary/aromatic N) is 1. The molecule has 10 heavy (non-hydrogen) atoms. The molecule has 0 unspecified atom stereocenters. The van der Waals surface area contributed by atoms with E-state index in [0.717, 1.165) is 6.54 Å². The van der Waals surface area contributed by atoms with Crippen molar-refractivity contribution in [3.8, 4) is 0 Å². The second-order valence-electron chi connectivity index (χ2n) is 2.37. The fraction of sp³-hybridized carbons (Fsp3) is 0.111. The van der Waals surface area contributed by atoms with Gasteiger partial charge in [0.2, 0.25) is 0 Å². The van der Waals surface area contributed by atoms with E-state index >= 15 is 0 Å². The Balaban J connectivity index is 2.34. The lowest BCUT2D eigenvalue weighted by Gasteiger charge is -2.09. The van der Waals surface area contributed by atoms with E-state index in [1.54, 1.807) is 0 Å². The zero-order valence-electron chi connectivity index (χ0n) is 5.70. The van der Waals surface area contributed by atoms with Crippen molar-refractivity contribution in [2.24, 2.45) is 0 Å². The molecule has 49 valence electrons. The van der Waals surface area contributed by atoms with Crippen molar-refractivity contribution in [2.45, 2.75) is 0 Å². The van der Waals surface area contributed by atoms with Gasteiger partial charge in [0.15, 0.2) is 18.4 Å². The highest BCUT2D eigenvalue weighted by molar-refractivity contribution is 5.35. The van der Waals surface area contributed by atoms with Gasteiger partial charge < -0.3 is 0 Å². The Morgan fingerprint density at radius 3 is 3.10 bits per heavy atom. The quantitative estimate of drug-likeness (QED) is 0.441. The lowest BCUT2D eigenvalue weighted by molar-refractivity contribution is 0.689. The lowest BCUT2D eigenvalue weighted by atomic mass is 10.2. The van der Waals surface area contributed by atoms with Crippen LogP contribution in [0.2, 0.25) is 0 Å². The van der Waals surface area contributed by atoms with Crippen LogP contribution in [0, 0.1) is 0 Å². The van der Waals surface area contributed by atoms with Gasteiger partial charge in [0.05, 0.1) is 0 Å². The van der Waals surface area contributed by atoms with Gasteiger partial charge in [-0.2, -0.15) is 0 Å². The molecule has 1 nitrogen and oxygen atoms in total. The van der Waals surface area contributed by atoms with Crippen LogP contribution in [-0.4, -0.2) is 6.54 Å². The van der Waals surface area contributed by atoms with Crippen molar-refractivity contribution in [3.05, 3.63) is 48.4 Å². The number of fused-ring (bicyclic) bond motifs is 1. The first-order valence-electron chi connectivity index (χ1n) is 3.45. The summed E-state index contributed by atoms with van der Waals surface area (Å²) in [6.45, 7) is 1.01. The Morgan fingerprint density at radius 2 is 2.20 bits per heavy atom. The molecule has 0 bridgehead atoms. The van der Waals surface area contributed by atoms with Crippen LogP contribution in [-0.2, 0) is 0 Å². The van der Waals surface area contributed by atoms with Crippen LogP contribution in [0.4, 0.5) is 0 Å². The zero-order valence-corrected chi connectivity index (χ0v) is 5.70. The first-order valence-corrected chi connectivity index (χ1v) is 3.45. The first kappa shape index (κ1) is 5.69. The van der Waals surface area contributed by atoms with E-state index in [0.29, 0.717) is 0 Å². The van der Waals surface area contributed by atoms with Gasteiger partial charge in [-0.25, -0.2) is 0 Å². The summed E-state index contributed by atoms with van der Waals surface area (Å²) in [5.74, 6) is 0. The maximum Gasteiger partial charge on any atom is 0.186 e. The van der Waals surface area contributed by atoms with Crippen LogP contribution in [0.3, 0.4) is 0 Å². The van der Waals surface area contributed by atoms with Gasteiger partial charge in [0.25, 0.3) is 0 Å². The topological polar surface area (TPSA) is 5.90 Å². The molecule has 0 aromatic rings. The maximum absolute atomic E-state index is 2.21. The Morgan fingerprint density at radius 1 is 1.20 bits per heavy atom. The van der Waals surface area contributed by atoms with Crippen LogP contribution >= 0.6 is 0 Å². The summed E-state index contributed by atoms with van der Waals surface area (Å²) in [5, 5.41) is 0. The molecule has 1 heteroatoms. The van der Waals surface area contributed by atoms with Gasteiger partial charge in [-0.05, 0) is 12.2 Å². The third-order valence-electron chi connectivity index (χ3n) is 1.68. The molecule has 2 heterocycles. The number of rotatable bonds is 0. The summed E-state index contributed by atoms with van der Waals surface area (Å²) in [4.78, 5) is 2.21. The summed E-state index contributed by atoms with van der Waals surface area (Å²) in [7, 11) is 0. The third-order valence-corrected chi connectivity index (χ3v) is 1.68. The summed E-state index contributed by atoms with van der Waals surface area (Å²) < 4.78 is 0. The fourth-order valence-electron chi connectivity index (χ4n) is 1.15. The Bertz CT molecular complexity index is 243. The van der Waals surface area contributed by atoms with E-state index in [1.807, 2.05) is 0 Å². The van der Waals surface area contributed by atoms with Gasteiger partial charge in [0, 0.05) is 12.2 Å². The third kappa shape index (κ3) is 0.847. The molecule has 0 fully saturated rings. The average molecular weight is 131 g/mol. The largest absolute Gasteiger partial charge is 0.186 e. The highest BCUT2D eigenvalue weighted by Gasteiger charge is 2.18. The monoisotopic (exact) mass is 131 g/mol. The molecule has 0 amide bonds. The highest BCUT2D eigenvalue weighted by atomic mass is 15.1. The molecule has 1 radical (unpaired) electrons. The molecule has 0 spiro atoms. The van der Waals surface area contributed by atoms with Gasteiger partial charge in [-0.3, -0.25) is 0 Å². The summed E-state index contributed by atoms with van der Waals surface area (Å²) in [6.07, 6.45) is 14.7. The molecule has 0 atom stereocenters. The van der Waals surface area contributed by atoms with Crippen LogP contribution < -0.4 is 4.90 Å². The average Bonchev–Trinajstić information content (AvgIpc) is 2.05. The SMILES string of the molecule is C1=CC[N+]2C=CC=CC2=C1. The molecular weight excluding hydrogens is 122 g/mol. The maximum atomic E-state index is 2.21. The molecular formula is C9H9N+. The smallest absolute Gasteiger partial charge is 0.0999 e. The number of allylic oxidation sites excluding steroid dienone is 5. The number of hydrogen-bond donors (Lipinski definition) is 0. The normalized spacial score (nSPS) is 22.6. The minimum absolute atomic E-state index is 1.01. The van der Waals surface area contributed by atoms with Crippen LogP contribution in [0.1, 0.15) is 0 Å². The first-order chi connectivity index (χ1) is 4.97. The van der Waals surface area contributed by atoms with E-state index < -0.39 is 0 Å². The van der Waals surface area contributed by atoms with E-state index in [4.69, 9.17) is 0 Å². The Labute approximate surface area is 60.6 Å². The molecule has 2 rings (SSSR count). The minimum atomic E-state index is 1.01. The lowest BCUT2D eigenvalue weighted by Crippen LogP contribution is -2.24. The van der Waals surface area contributed by atoms with Crippen molar-refractivity contribution in [1.29, 1.82) is 0 Å². The molecule has 0 saturated carbocycles. The Kier molecular flexibility index (Phi) is 1.29.